The van der Waals surface area contributed by atoms with Crippen LogP contribution in [0.3, 0.4) is 0 Å². The number of rotatable bonds is 5. The quantitative estimate of drug-likeness (QED) is 0.723. The van der Waals surface area contributed by atoms with Gasteiger partial charge in [-0.3, -0.25) is 0 Å². The summed E-state index contributed by atoms with van der Waals surface area (Å²) in [5.74, 6) is 2.54. The first-order valence-electron chi connectivity index (χ1n) is 8.87. The SMILES string of the molecule is Fc1cccc2c(NCCCc3nnc4n3CCCCC4)ncnc12. The summed E-state index contributed by atoms with van der Waals surface area (Å²) in [5, 5.41) is 12.7. The highest BCUT2D eigenvalue weighted by Crippen LogP contribution is 2.21. The lowest BCUT2D eigenvalue weighted by Crippen LogP contribution is -2.10. The summed E-state index contributed by atoms with van der Waals surface area (Å²) in [6.45, 7) is 1.77. The van der Waals surface area contributed by atoms with Crippen molar-refractivity contribution in [2.45, 2.75) is 45.1 Å². The molecule has 0 radical (unpaired) electrons. The van der Waals surface area contributed by atoms with Gasteiger partial charge in [-0.2, -0.15) is 0 Å². The maximum absolute atomic E-state index is 13.8. The van der Waals surface area contributed by atoms with Crippen molar-refractivity contribution in [2.24, 2.45) is 0 Å². The number of nitrogens with one attached hydrogen (secondary N) is 1. The number of fused-ring (bicyclic) bond motifs is 2. The van der Waals surface area contributed by atoms with E-state index in [1.165, 1.54) is 31.7 Å². The number of para-hydroxylation sites is 1. The fourth-order valence-corrected chi connectivity index (χ4v) is 3.38. The van der Waals surface area contributed by atoms with Crippen LogP contribution in [-0.2, 0) is 19.4 Å². The van der Waals surface area contributed by atoms with Crippen molar-refractivity contribution in [3.8, 4) is 0 Å². The van der Waals surface area contributed by atoms with Crippen molar-refractivity contribution < 1.29 is 4.39 Å². The molecule has 1 aromatic carbocycles. The van der Waals surface area contributed by atoms with E-state index in [0.717, 1.165) is 44.0 Å². The summed E-state index contributed by atoms with van der Waals surface area (Å²) in [4.78, 5) is 8.26. The van der Waals surface area contributed by atoms with Crippen LogP contribution >= 0.6 is 0 Å². The van der Waals surface area contributed by atoms with Gasteiger partial charge in [-0.25, -0.2) is 14.4 Å². The summed E-state index contributed by atoms with van der Waals surface area (Å²) in [5.41, 5.74) is 0.350. The van der Waals surface area contributed by atoms with Gasteiger partial charge in [-0.05, 0) is 31.4 Å². The molecule has 3 heterocycles. The minimum absolute atomic E-state index is 0.325. The lowest BCUT2D eigenvalue weighted by atomic mass is 10.2. The highest BCUT2D eigenvalue weighted by Gasteiger charge is 2.14. The fraction of sp³-hybridized carbons (Fsp3) is 0.444. The average molecular weight is 340 g/mol. The molecule has 0 spiro atoms. The third-order valence-electron chi connectivity index (χ3n) is 4.67. The Morgan fingerprint density at radius 2 is 2.08 bits per heavy atom. The molecule has 0 saturated carbocycles. The molecule has 0 atom stereocenters. The van der Waals surface area contributed by atoms with E-state index in [-0.39, 0.29) is 5.82 Å². The van der Waals surface area contributed by atoms with Crippen LogP contribution in [0.4, 0.5) is 10.2 Å². The summed E-state index contributed by atoms with van der Waals surface area (Å²) < 4.78 is 16.1. The summed E-state index contributed by atoms with van der Waals surface area (Å²) >= 11 is 0. The molecule has 25 heavy (non-hydrogen) atoms. The Morgan fingerprint density at radius 1 is 1.12 bits per heavy atom. The molecule has 3 aromatic rings. The lowest BCUT2D eigenvalue weighted by Gasteiger charge is -2.09. The van der Waals surface area contributed by atoms with Crippen molar-refractivity contribution >= 4 is 16.7 Å². The zero-order chi connectivity index (χ0) is 17.1. The monoisotopic (exact) mass is 340 g/mol. The predicted octanol–water partition coefficient (Wildman–Crippen LogP) is 3.13. The van der Waals surface area contributed by atoms with Crippen molar-refractivity contribution in [1.82, 2.24) is 24.7 Å². The van der Waals surface area contributed by atoms with E-state index in [4.69, 9.17) is 0 Å². The number of nitrogens with zero attached hydrogens (tertiary/aromatic N) is 5. The van der Waals surface area contributed by atoms with Gasteiger partial charge in [0, 0.05) is 31.3 Å². The number of aromatic nitrogens is 5. The number of aryl methyl sites for hydroxylation is 2. The first-order chi connectivity index (χ1) is 12.3. The summed E-state index contributed by atoms with van der Waals surface area (Å²) in [6, 6.07) is 4.92. The van der Waals surface area contributed by atoms with Crippen LogP contribution in [-0.4, -0.2) is 31.3 Å². The zero-order valence-electron chi connectivity index (χ0n) is 14.1. The van der Waals surface area contributed by atoms with Crippen LogP contribution < -0.4 is 5.32 Å². The Balaban J connectivity index is 1.39. The first-order valence-corrected chi connectivity index (χ1v) is 8.87. The number of hydrogen-bond acceptors (Lipinski definition) is 5. The Kier molecular flexibility index (Phi) is 4.54. The lowest BCUT2D eigenvalue weighted by molar-refractivity contribution is 0.599. The van der Waals surface area contributed by atoms with E-state index in [2.05, 4.69) is 30.0 Å². The normalized spacial score (nSPS) is 14.3. The van der Waals surface area contributed by atoms with E-state index in [0.29, 0.717) is 16.7 Å². The maximum Gasteiger partial charge on any atom is 0.149 e. The fourth-order valence-electron chi connectivity index (χ4n) is 3.38. The van der Waals surface area contributed by atoms with Crippen LogP contribution in [0.2, 0.25) is 0 Å². The minimum atomic E-state index is -0.325. The second-order valence-electron chi connectivity index (χ2n) is 6.38. The van der Waals surface area contributed by atoms with Gasteiger partial charge >= 0.3 is 0 Å². The van der Waals surface area contributed by atoms with Crippen molar-refractivity contribution in [1.29, 1.82) is 0 Å². The molecule has 1 aliphatic rings. The molecule has 6 nitrogen and oxygen atoms in total. The predicted molar refractivity (Wildman–Crippen MR) is 93.9 cm³/mol. The van der Waals surface area contributed by atoms with Crippen LogP contribution in [0.5, 0.6) is 0 Å². The minimum Gasteiger partial charge on any atom is -0.369 e. The topological polar surface area (TPSA) is 68.5 Å². The second-order valence-corrected chi connectivity index (χ2v) is 6.38. The summed E-state index contributed by atoms with van der Waals surface area (Å²) in [7, 11) is 0. The molecular formula is C18H21FN6. The maximum atomic E-state index is 13.8. The number of anilines is 1. The highest BCUT2D eigenvalue weighted by molar-refractivity contribution is 5.89. The largest absolute Gasteiger partial charge is 0.369 e. The molecule has 4 rings (SSSR count). The van der Waals surface area contributed by atoms with Gasteiger partial charge in [0.15, 0.2) is 0 Å². The first kappa shape index (κ1) is 15.9. The van der Waals surface area contributed by atoms with Crippen molar-refractivity contribution in [2.75, 3.05) is 11.9 Å². The number of benzene rings is 1. The molecule has 7 heteroatoms. The van der Waals surface area contributed by atoms with Gasteiger partial charge < -0.3 is 9.88 Å². The molecule has 0 bridgehead atoms. The number of hydrogen-bond donors (Lipinski definition) is 1. The van der Waals surface area contributed by atoms with Crippen molar-refractivity contribution in [3.05, 3.63) is 42.0 Å². The van der Waals surface area contributed by atoms with E-state index in [9.17, 15) is 4.39 Å². The average Bonchev–Trinajstić information content (AvgIpc) is 2.86. The van der Waals surface area contributed by atoms with Crippen LogP contribution in [0, 0.1) is 5.82 Å². The van der Waals surface area contributed by atoms with E-state index < -0.39 is 0 Å². The number of halogens is 1. The van der Waals surface area contributed by atoms with Crippen LogP contribution in [0.1, 0.15) is 37.3 Å². The molecule has 1 aliphatic heterocycles. The molecule has 0 amide bonds. The van der Waals surface area contributed by atoms with Gasteiger partial charge in [-0.15, -0.1) is 10.2 Å². The smallest absolute Gasteiger partial charge is 0.149 e. The molecule has 1 N–H and O–H groups in total. The van der Waals surface area contributed by atoms with Gasteiger partial charge in [-0.1, -0.05) is 12.5 Å². The third-order valence-corrected chi connectivity index (χ3v) is 4.67. The Morgan fingerprint density at radius 3 is 3.04 bits per heavy atom. The van der Waals surface area contributed by atoms with Crippen LogP contribution in [0.15, 0.2) is 24.5 Å². The van der Waals surface area contributed by atoms with E-state index >= 15 is 0 Å². The van der Waals surface area contributed by atoms with Gasteiger partial charge in [0.05, 0.1) is 0 Å². The van der Waals surface area contributed by atoms with E-state index in [1.54, 1.807) is 6.07 Å². The molecule has 0 fully saturated rings. The zero-order valence-corrected chi connectivity index (χ0v) is 14.1. The highest BCUT2D eigenvalue weighted by atomic mass is 19.1. The Hall–Kier alpha value is -2.57. The molecule has 2 aromatic heterocycles. The van der Waals surface area contributed by atoms with Crippen LogP contribution in [0.25, 0.3) is 10.9 Å². The van der Waals surface area contributed by atoms with Gasteiger partial charge in [0.1, 0.15) is 35.1 Å². The van der Waals surface area contributed by atoms with E-state index in [1.807, 2.05) is 6.07 Å². The molecular weight excluding hydrogens is 319 g/mol. The Labute approximate surface area is 145 Å². The molecule has 130 valence electrons. The summed E-state index contributed by atoms with van der Waals surface area (Å²) in [6.07, 6.45) is 7.89. The van der Waals surface area contributed by atoms with Gasteiger partial charge in [0.25, 0.3) is 0 Å². The molecule has 0 unspecified atom stereocenters. The van der Waals surface area contributed by atoms with Gasteiger partial charge in [0.2, 0.25) is 0 Å². The third kappa shape index (κ3) is 3.31. The van der Waals surface area contributed by atoms with Crippen molar-refractivity contribution in [3.63, 3.8) is 0 Å². The molecule has 0 aliphatic carbocycles. The standard InChI is InChI=1S/C18H21FN6/c19-14-7-4-6-13-17(14)21-12-22-18(13)20-10-5-9-16-24-23-15-8-2-1-3-11-25(15)16/h4,6-7,12H,1-3,5,8-11H2,(H,20,21,22). The Bertz CT molecular complexity index is 875. The molecule has 0 saturated heterocycles. The second kappa shape index (κ2) is 7.13.